The molecule has 3 heterocycles. The van der Waals surface area contributed by atoms with Crippen molar-refractivity contribution in [3.8, 4) is 0 Å². The lowest BCUT2D eigenvalue weighted by molar-refractivity contribution is -0.380. The van der Waals surface area contributed by atoms with Crippen molar-refractivity contribution in [3.05, 3.63) is 57.2 Å². The largest absolute Gasteiger partial charge is 0.342 e. The van der Waals surface area contributed by atoms with Crippen molar-refractivity contribution in [2.75, 3.05) is 26.2 Å². The van der Waals surface area contributed by atoms with Crippen LogP contribution in [0.3, 0.4) is 0 Å². The Morgan fingerprint density at radius 3 is 2.52 bits per heavy atom. The third-order valence-electron chi connectivity index (χ3n) is 4.92. The van der Waals surface area contributed by atoms with Gasteiger partial charge in [0, 0.05) is 45.1 Å². The van der Waals surface area contributed by atoms with E-state index in [1.165, 1.54) is 12.1 Å². The quantitative estimate of drug-likeness (QED) is 0.510. The molecule has 9 nitrogen and oxygen atoms in total. The highest BCUT2D eigenvalue weighted by Crippen LogP contribution is 2.25. The minimum Gasteiger partial charge on any atom is -0.342 e. The Hall–Kier alpha value is -3.27. The first-order valence-electron chi connectivity index (χ1n) is 9.26. The number of fused-ring (bicyclic) bond motifs is 1. The number of amides is 2. The predicted octanol–water partition coefficient (Wildman–Crippen LogP) is 2.45. The predicted molar refractivity (Wildman–Crippen MR) is 108 cm³/mol. The summed E-state index contributed by atoms with van der Waals surface area (Å²) in [6, 6.07) is 10.6. The van der Waals surface area contributed by atoms with Gasteiger partial charge in [0.2, 0.25) is 5.91 Å². The molecule has 1 aromatic carbocycles. The maximum absolute atomic E-state index is 12.5. The van der Waals surface area contributed by atoms with Crippen LogP contribution in [0.5, 0.6) is 0 Å². The molecule has 1 aliphatic rings. The number of rotatable bonds is 5. The van der Waals surface area contributed by atoms with Crippen LogP contribution in [0.25, 0.3) is 11.0 Å². The van der Waals surface area contributed by atoms with Gasteiger partial charge in [0.05, 0.1) is 20.8 Å². The number of aryl methyl sites for hydroxylation is 1. The fourth-order valence-corrected chi connectivity index (χ4v) is 4.15. The maximum Gasteiger partial charge on any atom is 0.324 e. The molecule has 0 bridgehead atoms. The van der Waals surface area contributed by atoms with Crippen LogP contribution in [0, 0.1) is 10.1 Å². The first kappa shape index (κ1) is 19.1. The van der Waals surface area contributed by atoms with Gasteiger partial charge in [0.15, 0.2) is 0 Å². The number of hydrogen-bond acceptors (Lipinski definition) is 6. The number of piperazine rings is 1. The van der Waals surface area contributed by atoms with Crippen LogP contribution in [-0.2, 0) is 11.2 Å². The number of nitro groups is 1. The van der Waals surface area contributed by atoms with E-state index in [-0.39, 0.29) is 16.8 Å². The van der Waals surface area contributed by atoms with Gasteiger partial charge >= 0.3 is 5.00 Å². The molecule has 1 N–H and O–H groups in total. The average molecular weight is 413 g/mol. The van der Waals surface area contributed by atoms with Crippen molar-refractivity contribution < 1.29 is 14.5 Å². The van der Waals surface area contributed by atoms with Gasteiger partial charge in [-0.15, -0.1) is 0 Å². The summed E-state index contributed by atoms with van der Waals surface area (Å²) < 4.78 is 0. The van der Waals surface area contributed by atoms with Crippen LogP contribution in [-0.4, -0.2) is 62.7 Å². The Balaban J connectivity index is 1.28. The van der Waals surface area contributed by atoms with Crippen LogP contribution in [0.1, 0.15) is 21.9 Å². The summed E-state index contributed by atoms with van der Waals surface area (Å²) in [5.41, 5.74) is 1.84. The number of aromatic amines is 1. The maximum atomic E-state index is 12.5. The van der Waals surface area contributed by atoms with E-state index in [9.17, 15) is 19.7 Å². The number of H-pyrrole nitrogens is 1. The van der Waals surface area contributed by atoms with Crippen molar-refractivity contribution in [3.63, 3.8) is 0 Å². The number of aromatic nitrogens is 2. The van der Waals surface area contributed by atoms with E-state index in [4.69, 9.17) is 0 Å². The van der Waals surface area contributed by atoms with Gasteiger partial charge in [-0.05, 0) is 18.2 Å². The van der Waals surface area contributed by atoms with Crippen molar-refractivity contribution in [1.82, 2.24) is 19.8 Å². The van der Waals surface area contributed by atoms with E-state index in [1.54, 1.807) is 9.80 Å². The molecule has 0 atom stereocenters. The number of hydrogen-bond donors (Lipinski definition) is 1. The molecular weight excluding hydrogens is 394 g/mol. The Labute approximate surface area is 170 Å². The number of nitrogens with one attached hydrogen (secondary N) is 1. The van der Waals surface area contributed by atoms with E-state index >= 15 is 0 Å². The lowest BCUT2D eigenvalue weighted by Crippen LogP contribution is -2.50. The molecule has 4 rings (SSSR count). The second-order valence-corrected chi connectivity index (χ2v) is 7.83. The monoisotopic (exact) mass is 413 g/mol. The fourth-order valence-electron chi connectivity index (χ4n) is 3.36. The number of para-hydroxylation sites is 2. The summed E-state index contributed by atoms with van der Waals surface area (Å²) in [5.74, 6) is 0.592. The molecule has 2 amide bonds. The van der Waals surface area contributed by atoms with Gasteiger partial charge in [-0.25, -0.2) is 4.98 Å². The number of nitrogens with zero attached hydrogens (tertiary/aromatic N) is 4. The lowest BCUT2D eigenvalue weighted by Gasteiger charge is -2.34. The second-order valence-electron chi connectivity index (χ2n) is 6.77. The molecule has 1 saturated heterocycles. The summed E-state index contributed by atoms with van der Waals surface area (Å²) in [7, 11) is 0. The number of carbonyl (C=O) groups excluding carboxylic acids is 2. The number of benzene rings is 1. The highest BCUT2D eigenvalue weighted by molar-refractivity contribution is 7.17. The zero-order chi connectivity index (χ0) is 20.4. The smallest absolute Gasteiger partial charge is 0.324 e. The Morgan fingerprint density at radius 1 is 1.10 bits per heavy atom. The van der Waals surface area contributed by atoms with Crippen LogP contribution in [0.15, 0.2) is 36.4 Å². The summed E-state index contributed by atoms with van der Waals surface area (Å²) in [5, 5.41) is 10.7. The third kappa shape index (κ3) is 4.11. The zero-order valence-corrected chi connectivity index (χ0v) is 16.4. The molecule has 0 radical (unpaired) electrons. The minimum atomic E-state index is -0.500. The molecule has 1 fully saturated rings. The summed E-state index contributed by atoms with van der Waals surface area (Å²) in [4.78, 5) is 46.8. The summed E-state index contributed by atoms with van der Waals surface area (Å²) >= 11 is 0.876. The number of carbonyl (C=O) groups is 2. The van der Waals surface area contributed by atoms with Crippen LogP contribution >= 0.6 is 11.3 Å². The van der Waals surface area contributed by atoms with Gasteiger partial charge in [-0.1, -0.05) is 23.5 Å². The molecule has 3 aromatic rings. The highest BCUT2D eigenvalue weighted by atomic mass is 32.1. The summed E-state index contributed by atoms with van der Waals surface area (Å²) in [6.45, 7) is 1.75. The van der Waals surface area contributed by atoms with E-state index in [0.717, 1.165) is 28.2 Å². The van der Waals surface area contributed by atoms with Gasteiger partial charge in [-0.3, -0.25) is 19.7 Å². The SMILES string of the molecule is O=C(CCc1nc2ccccc2[nH]1)N1CCN(C(=O)c2ccc([N+](=O)[O-])s2)CC1. The topological polar surface area (TPSA) is 112 Å². The van der Waals surface area contributed by atoms with Crippen molar-refractivity contribution in [2.24, 2.45) is 0 Å². The third-order valence-corrected chi connectivity index (χ3v) is 5.94. The molecule has 29 heavy (non-hydrogen) atoms. The summed E-state index contributed by atoms with van der Waals surface area (Å²) in [6.07, 6.45) is 0.885. The van der Waals surface area contributed by atoms with Crippen molar-refractivity contribution >= 4 is 39.2 Å². The van der Waals surface area contributed by atoms with Gasteiger partial charge in [0.25, 0.3) is 5.91 Å². The molecule has 0 unspecified atom stereocenters. The molecule has 2 aromatic heterocycles. The standard InChI is InChI=1S/C19H19N5O4S/c25-17(7-6-16-20-13-3-1-2-4-14(13)21-16)22-9-11-23(12-10-22)19(26)15-5-8-18(29-15)24(27)28/h1-5,8H,6-7,9-12H2,(H,20,21). The Morgan fingerprint density at radius 2 is 1.83 bits per heavy atom. The van der Waals surface area contributed by atoms with Gasteiger partial charge < -0.3 is 14.8 Å². The van der Waals surface area contributed by atoms with Crippen LogP contribution < -0.4 is 0 Å². The minimum absolute atomic E-state index is 0.0318. The van der Waals surface area contributed by atoms with E-state index in [1.807, 2.05) is 24.3 Å². The normalized spacial score (nSPS) is 14.3. The van der Waals surface area contributed by atoms with E-state index in [0.29, 0.717) is 43.9 Å². The molecule has 0 spiro atoms. The first-order valence-corrected chi connectivity index (χ1v) is 10.1. The second kappa shape index (κ2) is 8.00. The lowest BCUT2D eigenvalue weighted by atomic mass is 10.2. The molecule has 10 heteroatoms. The van der Waals surface area contributed by atoms with Crippen molar-refractivity contribution in [2.45, 2.75) is 12.8 Å². The Kier molecular flexibility index (Phi) is 5.26. The van der Waals surface area contributed by atoms with Gasteiger partial charge in [-0.2, -0.15) is 0 Å². The number of imidazole rings is 1. The molecule has 0 aliphatic carbocycles. The first-order chi connectivity index (χ1) is 14.0. The average Bonchev–Trinajstić information content (AvgIpc) is 3.38. The molecule has 0 saturated carbocycles. The number of thiophene rings is 1. The highest BCUT2D eigenvalue weighted by Gasteiger charge is 2.26. The Bertz CT molecular complexity index is 1030. The molecular formula is C19H19N5O4S. The van der Waals surface area contributed by atoms with Crippen LogP contribution in [0.2, 0.25) is 0 Å². The van der Waals surface area contributed by atoms with Gasteiger partial charge in [0.1, 0.15) is 5.82 Å². The van der Waals surface area contributed by atoms with E-state index in [2.05, 4.69) is 9.97 Å². The fraction of sp³-hybridized carbons (Fsp3) is 0.316. The van der Waals surface area contributed by atoms with Crippen molar-refractivity contribution in [1.29, 1.82) is 0 Å². The zero-order valence-electron chi connectivity index (χ0n) is 15.5. The van der Waals surface area contributed by atoms with E-state index < -0.39 is 4.92 Å². The molecule has 150 valence electrons. The molecule has 1 aliphatic heterocycles. The van der Waals surface area contributed by atoms with Crippen LogP contribution in [0.4, 0.5) is 5.00 Å².